The van der Waals surface area contributed by atoms with Crippen LogP contribution in [-0.4, -0.2) is 50.5 Å². The molecular formula is C18H20N2O4S3. The number of sulfonamides is 1. The zero-order valence-electron chi connectivity index (χ0n) is 15.1. The molecule has 2 aliphatic heterocycles. The molecule has 1 N–H and O–H groups in total. The third-order valence-corrected chi connectivity index (χ3v) is 8.16. The molecule has 0 aliphatic carbocycles. The number of methoxy groups -OCH3 is 1. The van der Waals surface area contributed by atoms with Crippen LogP contribution in [0.25, 0.3) is 0 Å². The van der Waals surface area contributed by atoms with Crippen LogP contribution in [0.4, 0.5) is 0 Å². The first-order chi connectivity index (χ1) is 12.8. The largest absolute Gasteiger partial charge is 0.508 e. The minimum atomic E-state index is -3.76. The number of aliphatic hydroxyl groups excluding tert-OH is 1. The average Bonchev–Trinajstić information content (AvgIpc) is 3.06. The summed E-state index contributed by atoms with van der Waals surface area (Å²) in [4.78, 5) is 2.54. The van der Waals surface area contributed by atoms with Crippen LogP contribution in [0.15, 0.2) is 61.3 Å². The molecule has 2 aliphatic rings. The molecular weight excluding hydrogens is 404 g/mol. The number of nitrogens with zero attached hydrogens (tertiary/aromatic N) is 2. The van der Waals surface area contributed by atoms with Crippen molar-refractivity contribution in [2.75, 3.05) is 21.2 Å². The first-order valence-electron chi connectivity index (χ1n) is 8.07. The number of ether oxygens (including phenoxy) is 1. The molecule has 0 fully saturated rings. The summed E-state index contributed by atoms with van der Waals surface area (Å²) >= 11 is 2.75. The van der Waals surface area contributed by atoms with Crippen LogP contribution in [0.1, 0.15) is 5.56 Å². The van der Waals surface area contributed by atoms with Gasteiger partial charge in [0.2, 0.25) is 0 Å². The second kappa shape index (κ2) is 8.04. The predicted molar refractivity (Wildman–Crippen MR) is 113 cm³/mol. The first-order valence-corrected chi connectivity index (χ1v) is 11.3. The minimum Gasteiger partial charge on any atom is -0.508 e. The zero-order valence-corrected chi connectivity index (χ0v) is 17.6. The monoisotopic (exact) mass is 424 g/mol. The number of benzene rings is 1. The number of aliphatic hydroxyl groups is 1. The summed E-state index contributed by atoms with van der Waals surface area (Å²) in [7, 11) is 1.26. The van der Waals surface area contributed by atoms with Gasteiger partial charge in [-0.25, -0.2) is 0 Å². The highest BCUT2D eigenvalue weighted by atomic mass is 32.3. The third-order valence-electron chi connectivity index (χ3n) is 3.81. The molecule has 0 bridgehead atoms. The van der Waals surface area contributed by atoms with Crippen LogP contribution in [0, 0.1) is 0 Å². The second-order valence-corrected chi connectivity index (χ2v) is 10.7. The van der Waals surface area contributed by atoms with Crippen molar-refractivity contribution in [3.8, 4) is 5.75 Å². The van der Waals surface area contributed by atoms with E-state index in [1.807, 2.05) is 24.3 Å². The Labute approximate surface area is 167 Å². The van der Waals surface area contributed by atoms with Crippen LogP contribution < -0.4 is 4.74 Å². The fraction of sp³-hybridized carbons (Fsp3) is 0.278. The molecule has 0 radical (unpaired) electrons. The van der Waals surface area contributed by atoms with Gasteiger partial charge in [0.05, 0.1) is 11.7 Å². The Morgan fingerprint density at radius 2 is 1.93 bits per heavy atom. The minimum absolute atomic E-state index is 0.108. The van der Waals surface area contributed by atoms with Crippen LogP contribution >= 0.6 is 23.5 Å². The van der Waals surface area contributed by atoms with Crippen molar-refractivity contribution in [1.82, 2.24) is 4.90 Å². The highest BCUT2D eigenvalue weighted by molar-refractivity contribution is 8.27. The van der Waals surface area contributed by atoms with Crippen molar-refractivity contribution in [1.29, 1.82) is 0 Å². The van der Waals surface area contributed by atoms with Gasteiger partial charge in [0.25, 0.3) is 10.0 Å². The Morgan fingerprint density at radius 1 is 1.22 bits per heavy atom. The smallest absolute Gasteiger partial charge is 0.289 e. The highest BCUT2D eigenvalue weighted by Crippen LogP contribution is 2.51. The molecule has 1 aromatic rings. The van der Waals surface area contributed by atoms with Gasteiger partial charge in [0, 0.05) is 26.1 Å². The molecule has 0 spiro atoms. The number of thioether (sulfide) groups is 2. The maximum absolute atomic E-state index is 12.4. The Hall–Kier alpha value is -1.84. The van der Waals surface area contributed by atoms with Crippen molar-refractivity contribution >= 4 is 39.9 Å². The Morgan fingerprint density at radius 3 is 2.56 bits per heavy atom. The second-order valence-electron chi connectivity index (χ2n) is 6.17. The molecule has 1 aromatic carbocycles. The van der Waals surface area contributed by atoms with Crippen molar-refractivity contribution in [3.05, 3.63) is 62.5 Å². The van der Waals surface area contributed by atoms with Crippen LogP contribution in [0.3, 0.4) is 0 Å². The van der Waals surface area contributed by atoms with Gasteiger partial charge in [0.1, 0.15) is 22.1 Å². The van der Waals surface area contributed by atoms with Gasteiger partial charge < -0.3 is 14.7 Å². The fourth-order valence-electron chi connectivity index (χ4n) is 2.47. The zero-order chi connectivity index (χ0) is 19.6. The molecule has 0 saturated carbocycles. The topological polar surface area (TPSA) is 79.2 Å². The summed E-state index contributed by atoms with van der Waals surface area (Å²) in [5, 5.41) is 10.4. The van der Waals surface area contributed by atoms with Gasteiger partial charge in [0.15, 0.2) is 0 Å². The summed E-state index contributed by atoms with van der Waals surface area (Å²) in [6.45, 7) is 0. The van der Waals surface area contributed by atoms with Crippen LogP contribution in [-0.2, 0) is 16.4 Å². The number of hydrogen-bond donors (Lipinski definition) is 1. The summed E-state index contributed by atoms with van der Waals surface area (Å²) in [6, 6.07) is 7.73. The Balaban J connectivity index is 1.78. The summed E-state index contributed by atoms with van der Waals surface area (Å²) in [6.07, 6.45) is 5.13. The van der Waals surface area contributed by atoms with Crippen LogP contribution in [0.2, 0.25) is 0 Å². The van der Waals surface area contributed by atoms with Gasteiger partial charge in [-0.05, 0) is 34.8 Å². The molecule has 27 heavy (non-hydrogen) atoms. The van der Waals surface area contributed by atoms with Gasteiger partial charge in [-0.15, -0.1) is 16.2 Å². The van der Waals surface area contributed by atoms with E-state index in [0.29, 0.717) is 12.0 Å². The molecule has 1 unspecified atom stereocenters. The summed E-state index contributed by atoms with van der Waals surface area (Å²) in [5.74, 6) is 0.897. The lowest BCUT2D eigenvalue weighted by atomic mass is 10.1. The van der Waals surface area contributed by atoms with Gasteiger partial charge >= 0.3 is 0 Å². The molecule has 0 amide bonds. The number of rotatable bonds is 6. The van der Waals surface area contributed by atoms with Gasteiger partial charge in [-0.1, -0.05) is 23.9 Å². The lowest BCUT2D eigenvalue weighted by Gasteiger charge is -2.19. The molecule has 144 valence electrons. The normalized spacial score (nSPS) is 19.7. The quantitative estimate of drug-likeness (QED) is 0.553. The molecule has 1 atom stereocenters. The van der Waals surface area contributed by atoms with E-state index in [1.54, 1.807) is 43.9 Å². The maximum atomic E-state index is 12.4. The first kappa shape index (κ1) is 19.9. The Kier molecular flexibility index (Phi) is 5.92. The van der Waals surface area contributed by atoms with Crippen molar-refractivity contribution in [2.45, 2.75) is 11.0 Å². The van der Waals surface area contributed by atoms with E-state index in [-0.39, 0.29) is 14.6 Å². The molecule has 0 aromatic heterocycles. The summed E-state index contributed by atoms with van der Waals surface area (Å²) < 4.78 is 33.5. The molecule has 2 heterocycles. The third kappa shape index (κ3) is 4.72. The molecule has 9 heteroatoms. The Bertz CT molecular complexity index is 945. The SMILES string of the molecule is COc1ccc(CC2=CC(O)=C3C=C(S(=O)(=O)/N=C\N(C)C)SC3S2)cc1. The van der Waals surface area contributed by atoms with Crippen molar-refractivity contribution in [3.63, 3.8) is 0 Å². The average molecular weight is 425 g/mol. The van der Waals surface area contributed by atoms with E-state index in [1.165, 1.54) is 24.2 Å². The maximum Gasteiger partial charge on any atom is 0.289 e. The highest BCUT2D eigenvalue weighted by Gasteiger charge is 2.35. The van der Waals surface area contributed by atoms with E-state index in [0.717, 1.165) is 16.2 Å². The van der Waals surface area contributed by atoms with E-state index in [2.05, 4.69) is 4.40 Å². The molecule has 3 rings (SSSR count). The molecule has 0 saturated heterocycles. The summed E-state index contributed by atoms with van der Waals surface area (Å²) in [5.41, 5.74) is 1.70. The van der Waals surface area contributed by atoms with Crippen LogP contribution in [0.5, 0.6) is 5.75 Å². The van der Waals surface area contributed by atoms with Crippen molar-refractivity contribution in [2.24, 2.45) is 4.40 Å². The van der Waals surface area contributed by atoms with Gasteiger partial charge in [-0.3, -0.25) is 0 Å². The van der Waals surface area contributed by atoms with E-state index in [4.69, 9.17) is 4.74 Å². The standard InChI is InChI=1S/C18H20N2O4S3/c1-20(2)11-19-27(22,23)17-10-15-16(21)9-14(25-18(15)26-17)8-12-4-6-13(24-3)7-5-12/h4-7,9-11,18,21H,8H2,1-3H3/b19-11-. The van der Waals surface area contributed by atoms with Gasteiger partial charge in [-0.2, -0.15) is 8.42 Å². The van der Waals surface area contributed by atoms with E-state index in [9.17, 15) is 13.5 Å². The lowest BCUT2D eigenvalue weighted by Crippen LogP contribution is -2.10. The number of fused-ring (bicyclic) bond motifs is 1. The molecule has 6 nitrogen and oxygen atoms in total. The fourth-order valence-corrected chi connectivity index (χ4v) is 6.86. The number of allylic oxidation sites excluding steroid dienone is 3. The number of hydrogen-bond acceptors (Lipinski definition) is 6. The van der Waals surface area contributed by atoms with E-state index >= 15 is 0 Å². The van der Waals surface area contributed by atoms with E-state index < -0.39 is 10.0 Å². The predicted octanol–water partition coefficient (Wildman–Crippen LogP) is 3.51. The van der Waals surface area contributed by atoms with Crippen molar-refractivity contribution < 1.29 is 18.3 Å². The lowest BCUT2D eigenvalue weighted by molar-refractivity contribution is 0.414.